The van der Waals surface area contributed by atoms with Gasteiger partial charge in [0.1, 0.15) is 23.4 Å². The van der Waals surface area contributed by atoms with Gasteiger partial charge >= 0.3 is 5.97 Å². The molecule has 1 aliphatic heterocycles. The van der Waals surface area contributed by atoms with Crippen LogP contribution in [0.15, 0.2) is 48.6 Å². The van der Waals surface area contributed by atoms with Crippen LogP contribution in [0.1, 0.15) is 63.1 Å². The fourth-order valence-corrected chi connectivity index (χ4v) is 7.49. The van der Waals surface area contributed by atoms with Gasteiger partial charge in [0.2, 0.25) is 5.91 Å². The number of methoxy groups -OCH3 is 1. The summed E-state index contributed by atoms with van der Waals surface area (Å²) in [4.78, 5) is 52.8. The Kier molecular flexibility index (Phi) is 9.35. The van der Waals surface area contributed by atoms with E-state index in [0.29, 0.717) is 37.3 Å². The number of rotatable bonds is 6. The second kappa shape index (κ2) is 13.5. The van der Waals surface area contributed by atoms with Crippen molar-refractivity contribution in [2.24, 2.45) is 23.2 Å². The number of aromatic nitrogens is 2. The molecule has 3 aromatic rings. The van der Waals surface area contributed by atoms with Crippen LogP contribution in [-0.4, -0.2) is 65.9 Å². The van der Waals surface area contributed by atoms with Crippen molar-refractivity contribution in [1.29, 1.82) is 0 Å². The van der Waals surface area contributed by atoms with Gasteiger partial charge in [0, 0.05) is 48.6 Å². The normalized spacial score (nSPS) is 27.0. The van der Waals surface area contributed by atoms with Gasteiger partial charge in [-0.25, -0.2) is 4.98 Å². The lowest BCUT2D eigenvalue weighted by Crippen LogP contribution is -2.38. The number of esters is 1. The number of benzene rings is 1. The minimum absolute atomic E-state index is 0.0178. The van der Waals surface area contributed by atoms with E-state index >= 15 is 0 Å². The summed E-state index contributed by atoms with van der Waals surface area (Å²) in [6.07, 6.45) is 7.98. The van der Waals surface area contributed by atoms with Crippen molar-refractivity contribution in [2.45, 2.75) is 71.8 Å². The van der Waals surface area contributed by atoms with Crippen molar-refractivity contribution in [3.05, 3.63) is 59.8 Å². The lowest BCUT2D eigenvalue weighted by molar-refractivity contribution is -0.152. The predicted molar refractivity (Wildman–Crippen MR) is 179 cm³/mol. The SMILES string of the molecule is CCOC(=O)[C@]12CC(=O)[C@@H]3C[C@@H](Oc4cc(-c5cccc(C)n5)nc5c(C)c(OC)ccc45)CC3C(=O)N(C)CCCC/C=C\[C@H]1C2. The third-order valence-electron chi connectivity index (χ3n) is 10.2. The van der Waals surface area contributed by atoms with E-state index in [-0.39, 0.29) is 42.7 Å². The molecule has 1 aromatic carbocycles. The molecule has 248 valence electrons. The van der Waals surface area contributed by atoms with Gasteiger partial charge in [0.15, 0.2) is 0 Å². The van der Waals surface area contributed by atoms with E-state index in [4.69, 9.17) is 24.2 Å². The van der Waals surface area contributed by atoms with Crippen LogP contribution in [0.5, 0.6) is 11.5 Å². The summed E-state index contributed by atoms with van der Waals surface area (Å²) in [6.45, 7) is 6.60. The molecule has 2 aliphatic carbocycles. The first kappa shape index (κ1) is 32.7. The first-order valence-electron chi connectivity index (χ1n) is 16.9. The quantitative estimate of drug-likeness (QED) is 0.225. The van der Waals surface area contributed by atoms with E-state index in [0.717, 1.165) is 52.9 Å². The molecule has 3 heterocycles. The third kappa shape index (κ3) is 6.49. The zero-order chi connectivity index (χ0) is 33.3. The van der Waals surface area contributed by atoms with E-state index in [9.17, 15) is 14.4 Å². The number of ketones is 1. The van der Waals surface area contributed by atoms with E-state index in [2.05, 4.69) is 12.2 Å². The maximum atomic E-state index is 14.2. The molecule has 6 rings (SSSR count). The van der Waals surface area contributed by atoms with E-state index in [1.807, 2.05) is 57.3 Å². The molecule has 0 radical (unpaired) electrons. The summed E-state index contributed by atoms with van der Waals surface area (Å²) in [5.74, 6) is -0.167. The first-order valence-corrected chi connectivity index (χ1v) is 16.9. The molecule has 2 fully saturated rings. The number of nitrogens with zero attached hydrogens (tertiary/aromatic N) is 3. The molecule has 0 spiro atoms. The van der Waals surface area contributed by atoms with Crippen molar-refractivity contribution in [2.75, 3.05) is 27.3 Å². The molecule has 1 amide bonds. The van der Waals surface area contributed by atoms with Crippen molar-refractivity contribution in [1.82, 2.24) is 14.9 Å². The molecule has 3 aliphatic rings. The second-order valence-corrected chi connectivity index (χ2v) is 13.4. The number of ether oxygens (including phenoxy) is 3. The minimum Gasteiger partial charge on any atom is -0.496 e. The van der Waals surface area contributed by atoms with Gasteiger partial charge < -0.3 is 19.1 Å². The Morgan fingerprint density at radius 2 is 1.83 bits per heavy atom. The van der Waals surface area contributed by atoms with Crippen molar-refractivity contribution in [3.63, 3.8) is 0 Å². The largest absolute Gasteiger partial charge is 0.496 e. The number of carbonyl (C=O) groups excluding carboxylic acids is 3. The molecule has 0 saturated heterocycles. The Labute approximate surface area is 276 Å². The number of allylic oxidation sites excluding steroid dienone is 2. The highest BCUT2D eigenvalue weighted by Crippen LogP contribution is 2.58. The molecule has 2 aromatic heterocycles. The van der Waals surface area contributed by atoms with E-state index < -0.39 is 17.3 Å². The highest BCUT2D eigenvalue weighted by molar-refractivity contribution is 5.95. The van der Waals surface area contributed by atoms with Gasteiger partial charge in [-0.05, 0) is 89.5 Å². The highest BCUT2D eigenvalue weighted by atomic mass is 16.5. The maximum Gasteiger partial charge on any atom is 0.313 e. The summed E-state index contributed by atoms with van der Waals surface area (Å²) in [7, 11) is 3.46. The molecule has 0 N–H and O–H groups in total. The molecule has 5 atom stereocenters. The fraction of sp³-hybridized carbons (Fsp3) is 0.500. The summed E-state index contributed by atoms with van der Waals surface area (Å²) >= 11 is 0. The highest BCUT2D eigenvalue weighted by Gasteiger charge is 2.61. The van der Waals surface area contributed by atoms with E-state index in [1.54, 1.807) is 18.9 Å². The lowest BCUT2D eigenvalue weighted by atomic mass is 9.84. The van der Waals surface area contributed by atoms with Gasteiger partial charge in [-0.3, -0.25) is 19.4 Å². The van der Waals surface area contributed by atoms with Crippen LogP contribution < -0.4 is 9.47 Å². The van der Waals surface area contributed by atoms with Gasteiger partial charge in [-0.2, -0.15) is 0 Å². The van der Waals surface area contributed by atoms with Gasteiger partial charge in [0.25, 0.3) is 0 Å². The molecule has 0 bridgehead atoms. The molecular formula is C38H45N3O6. The van der Waals surface area contributed by atoms with Crippen LogP contribution in [0.25, 0.3) is 22.3 Å². The number of fused-ring (bicyclic) bond motifs is 3. The van der Waals surface area contributed by atoms with Crippen LogP contribution in [0.3, 0.4) is 0 Å². The number of hydrogen-bond donors (Lipinski definition) is 0. The number of hydrogen-bond acceptors (Lipinski definition) is 8. The topological polar surface area (TPSA) is 108 Å². The Morgan fingerprint density at radius 3 is 2.60 bits per heavy atom. The summed E-state index contributed by atoms with van der Waals surface area (Å²) < 4.78 is 17.9. The van der Waals surface area contributed by atoms with Crippen molar-refractivity contribution >= 4 is 28.6 Å². The average molecular weight is 640 g/mol. The van der Waals surface area contributed by atoms with Crippen LogP contribution in [-0.2, 0) is 19.1 Å². The van der Waals surface area contributed by atoms with Gasteiger partial charge in [0.05, 0.1) is 42.0 Å². The molecule has 9 nitrogen and oxygen atoms in total. The van der Waals surface area contributed by atoms with Gasteiger partial charge in [-0.15, -0.1) is 0 Å². The van der Waals surface area contributed by atoms with Crippen LogP contribution in [0.2, 0.25) is 0 Å². The average Bonchev–Trinajstić information content (AvgIpc) is 3.59. The smallest absolute Gasteiger partial charge is 0.313 e. The predicted octanol–water partition coefficient (Wildman–Crippen LogP) is 6.42. The van der Waals surface area contributed by atoms with Crippen molar-refractivity contribution in [3.8, 4) is 22.9 Å². The lowest BCUT2D eigenvalue weighted by Gasteiger charge is -2.25. The number of carbonyl (C=O) groups is 3. The Morgan fingerprint density at radius 1 is 1.02 bits per heavy atom. The van der Waals surface area contributed by atoms with E-state index in [1.165, 1.54) is 0 Å². The Hall–Kier alpha value is -4.27. The summed E-state index contributed by atoms with van der Waals surface area (Å²) in [5, 5.41) is 0.821. The maximum absolute atomic E-state index is 14.2. The van der Waals surface area contributed by atoms with Crippen LogP contribution in [0.4, 0.5) is 0 Å². The number of Topliss-reactive ketones (excluding diaryl/α,β-unsaturated/α-hetero) is 1. The monoisotopic (exact) mass is 639 g/mol. The summed E-state index contributed by atoms with van der Waals surface area (Å²) in [6, 6.07) is 11.6. The molecular weight excluding hydrogens is 594 g/mol. The molecule has 2 saturated carbocycles. The number of pyridine rings is 2. The zero-order valence-electron chi connectivity index (χ0n) is 28.1. The fourth-order valence-electron chi connectivity index (χ4n) is 7.49. The van der Waals surface area contributed by atoms with Crippen LogP contribution in [0, 0.1) is 37.0 Å². The molecule has 47 heavy (non-hydrogen) atoms. The molecule has 9 heteroatoms. The van der Waals surface area contributed by atoms with Crippen LogP contribution >= 0.6 is 0 Å². The Bertz CT molecular complexity index is 1720. The van der Waals surface area contributed by atoms with Gasteiger partial charge in [-0.1, -0.05) is 18.2 Å². The number of aryl methyl sites for hydroxylation is 2. The zero-order valence-corrected chi connectivity index (χ0v) is 28.1. The van der Waals surface area contributed by atoms with Crippen molar-refractivity contribution < 1.29 is 28.6 Å². The standard InChI is InChI=1S/C38H45N3O6/c1-6-46-37(44)38-21-25(38)13-9-7-8-10-17-41(4)36(43)29-19-26(18-28(29)32(42)22-38)47-34-20-31(30-14-11-12-23(2)39-30)40-35-24(3)33(45-5)16-15-27(34)35/h9,11-16,20,25-26,28-29H,6-8,10,17-19,21-22H2,1-5H3/b13-9-/t25-,26+,28+,29?,38+/m0/s1. The Balaban J connectivity index is 1.35. The first-order chi connectivity index (χ1) is 22.6. The second-order valence-electron chi connectivity index (χ2n) is 13.4. The third-order valence-corrected chi connectivity index (χ3v) is 10.2. The minimum atomic E-state index is -0.847. The summed E-state index contributed by atoms with van der Waals surface area (Å²) in [5.41, 5.74) is 3.05. The molecule has 1 unspecified atom stereocenters. The number of amides is 1.